The Balaban J connectivity index is 1.49. The number of aryl methyl sites for hydroxylation is 1. The fourth-order valence-corrected chi connectivity index (χ4v) is 5.09. The van der Waals surface area contributed by atoms with Gasteiger partial charge in [0.05, 0.1) is 35.6 Å². The average Bonchev–Trinajstić information content (AvgIpc) is 3.54. The number of carbonyl (C=O) groups is 1. The molecular weight excluding hydrogens is 432 g/mol. The van der Waals surface area contributed by atoms with E-state index in [1.807, 2.05) is 47.0 Å². The molecule has 2 bridgehead atoms. The van der Waals surface area contributed by atoms with Crippen molar-refractivity contribution in [1.29, 1.82) is 0 Å². The van der Waals surface area contributed by atoms with Gasteiger partial charge < -0.3 is 14.6 Å². The maximum atomic E-state index is 12.4. The zero-order valence-corrected chi connectivity index (χ0v) is 18.9. The van der Waals surface area contributed by atoms with E-state index < -0.39 is 5.97 Å². The number of hydrogen-bond donors (Lipinski definition) is 1. The van der Waals surface area contributed by atoms with E-state index in [1.165, 1.54) is 0 Å². The van der Waals surface area contributed by atoms with Crippen molar-refractivity contribution in [3.63, 3.8) is 0 Å². The third-order valence-corrected chi connectivity index (χ3v) is 6.81. The predicted octanol–water partition coefficient (Wildman–Crippen LogP) is 2.56. The molecule has 5 heterocycles. The van der Waals surface area contributed by atoms with Crippen LogP contribution in [-0.2, 0) is 7.05 Å². The van der Waals surface area contributed by atoms with E-state index in [0.29, 0.717) is 28.6 Å². The summed E-state index contributed by atoms with van der Waals surface area (Å²) in [6.07, 6.45) is 7.73. The number of anilines is 2. The van der Waals surface area contributed by atoms with Crippen LogP contribution in [0.4, 0.5) is 11.5 Å². The Labute approximate surface area is 196 Å². The number of aromatic carboxylic acids is 1. The van der Waals surface area contributed by atoms with E-state index in [4.69, 9.17) is 0 Å². The van der Waals surface area contributed by atoms with Crippen LogP contribution in [0.3, 0.4) is 0 Å². The molecule has 2 atom stereocenters. The van der Waals surface area contributed by atoms with E-state index in [-0.39, 0.29) is 11.7 Å². The minimum atomic E-state index is -1.13. The van der Waals surface area contributed by atoms with Gasteiger partial charge in [-0.05, 0) is 25.6 Å². The Morgan fingerprint density at radius 1 is 1.06 bits per heavy atom. The van der Waals surface area contributed by atoms with Crippen LogP contribution in [0.2, 0.25) is 0 Å². The van der Waals surface area contributed by atoms with Gasteiger partial charge in [-0.15, -0.1) is 0 Å². The van der Waals surface area contributed by atoms with Crippen molar-refractivity contribution in [2.24, 2.45) is 7.05 Å². The van der Waals surface area contributed by atoms with Gasteiger partial charge >= 0.3 is 5.97 Å². The minimum Gasteiger partial charge on any atom is -0.476 e. The van der Waals surface area contributed by atoms with Crippen molar-refractivity contribution in [3.8, 4) is 11.3 Å². The van der Waals surface area contributed by atoms with E-state index in [0.717, 1.165) is 30.7 Å². The molecule has 10 heteroatoms. The summed E-state index contributed by atoms with van der Waals surface area (Å²) in [6.45, 7) is 1.73. The van der Waals surface area contributed by atoms with Crippen LogP contribution in [0.15, 0.2) is 55.2 Å². The molecule has 0 unspecified atom stereocenters. The first-order chi connectivity index (χ1) is 16.5. The van der Waals surface area contributed by atoms with Gasteiger partial charge in [0.25, 0.3) is 0 Å². The molecule has 0 spiro atoms. The van der Waals surface area contributed by atoms with Crippen molar-refractivity contribution in [1.82, 2.24) is 34.4 Å². The van der Waals surface area contributed by atoms with E-state index in [9.17, 15) is 9.90 Å². The normalized spacial score (nSPS) is 20.3. The Kier molecular flexibility index (Phi) is 4.78. The highest BCUT2D eigenvalue weighted by Crippen LogP contribution is 2.38. The number of pyridine rings is 1. The number of rotatable bonds is 5. The summed E-state index contributed by atoms with van der Waals surface area (Å²) < 4.78 is 1.86. The lowest BCUT2D eigenvalue weighted by atomic mass is 10.2. The number of piperazine rings is 1. The summed E-state index contributed by atoms with van der Waals surface area (Å²) in [5.41, 5.74) is 3.36. The van der Waals surface area contributed by atoms with Crippen molar-refractivity contribution < 1.29 is 9.90 Å². The molecule has 6 rings (SSSR count). The molecule has 2 aliphatic heterocycles. The zero-order chi connectivity index (χ0) is 23.4. The second-order valence-electron chi connectivity index (χ2n) is 8.90. The van der Waals surface area contributed by atoms with Gasteiger partial charge in [0.2, 0.25) is 0 Å². The molecule has 34 heavy (non-hydrogen) atoms. The number of carboxylic acid groups (broad SMARTS) is 1. The van der Waals surface area contributed by atoms with Crippen molar-refractivity contribution in [3.05, 3.63) is 60.9 Å². The molecule has 0 radical (unpaired) electrons. The molecule has 1 N–H and O–H groups in total. The molecule has 2 fully saturated rings. The molecule has 0 saturated carbocycles. The molecule has 4 aromatic rings. The summed E-state index contributed by atoms with van der Waals surface area (Å²) in [7, 11) is 4.02. The second-order valence-corrected chi connectivity index (χ2v) is 8.90. The molecule has 10 nitrogen and oxygen atoms in total. The number of imidazole rings is 1. The van der Waals surface area contributed by atoms with Gasteiger partial charge in [-0.25, -0.2) is 24.8 Å². The maximum absolute atomic E-state index is 12.4. The highest BCUT2D eigenvalue weighted by atomic mass is 16.4. The molecule has 3 aromatic heterocycles. The van der Waals surface area contributed by atoms with Gasteiger partial charge in [-0.1, -0.05) is 18.2 Å². The molecule has 2 aliphatic rings. The first-order valence-corrected chi connectivity index (χ1v) is 11.2. The van der Waals surface area contributed by atoms with Gasteiger partial charge in [0, 0.05) is 44.0 Å². The fourth-order valence-electron chi connectivity index (χ4n) is 5.09. The number of likely N-dealkylation sites (tertiary alicyclic amines) is 1. The van der Waals surface area contributed by atoms with Crippen LogP contribution in [-0.4, -0.2) is 77.7 Å². The largest absolute Gasteiger partial charge is 0.476 e. The van der Waals surface area contributed by atoms with Gasteiger partial charge in [-0.2, -0.15) is 0 Å². The fraction of sp³-hybridized carbons (Fsp3) is 0.292. The predicted molar refractivity (Wildman–Crippen MR) is 127 cm³/mol. The van der Waals surface area contributed by atoms with Gasteiger partial charge in [0.15, 0.2) is 11.5 Å². The van der Waals surface area contributed by atoms with Crippen molar-refractivity contribution in [2.75, 3.05) is 25.1 Å². The van der Waals surface area contributed by atoms with Crippen LogP contribution in [0.25, 0.3) is 22.3 Å². The standard InChI is InChI=1S/C24H24N8O2/c1-29-12-17-8-16(29)13-31(17)32(15-6-4-3-5-7-15)23-22(24(33)34)28-19(10-26-23)18-9-25-11-20-21(18)27-14-30(20)2/h3-7,9-11,14,16-17H,8,12-13H2,1-2H3,(H,33,34)/t16-,17-/m0/s1. The number of hydrazine groups is 1. The van der Waals surface area contributed by atoms with Crippen LogP contribution in [0.1, 0.15) is 16.9 Å². The van der Waals surface area contributed by atoms with Crippen LogP contribution in [0, 0.1) is 0 Å². The van der Waals surface area contributed by atoms with Crippen LogP contribution in [0.5, 0.6) is 0 Å². The summed E-state index contributed by atoms with van der Waals surface area (Å²) >= 11 is 0. The lowest BCUT2D eigenvalue weighted by Gasteiger charge is -2.40. The first-order valence-electron chi connectivity index (χ1n) is 11.2. The molecule has 0 amide bonds. The SMILES string of the molecule is CN1C[C@@H]2C[C@H]1CN2N(c1ccccc1)c1ncc(-c2cncc3c2ncn3C)nc1C(=O)O. The topological polar surface area (TPSA) is 104 Å². The van der Waals surface area contributed by atoms with Crippen LogP contribution >= 0.6 is 0 Å². The Morgan fingerprint density at radius 2 is 1.88 bits per heavy atom. The third-order valence-electron chi connectivity index (χ3n) is 6.81. The lowest BCUT2D eigenvalue weighted by Crippen LogP contribution is -2.52. The summed E-state index contributed by atoms with van der Waals surface area (Å²) in [6, 6.07) is 10.5. The third kappa shape index (κ3) is 3.22. The molecular formula is C24H24N8O2. The first kappa shape index (κ1) is 20.7. The van der Waals surface area contributed by atoms with Crippen molar-refractivity contribution in [2.45, 2.75) is 18.5 Å². The minimum absolute atomic E-state index is 0.106. The summed E-state index contributed by atoms with van der Waals surface area (Å²) in [4.78, 5) is 32.8. The van der Waals surface area contributed by atoms with Crippen LogP contribution < -0.4 is 5.01 Å². The van der Waals surface area contributed by atoms with Crippen molar-refractivity contribution >= 4 is 28.5 Å². The quantitative estimate of drug-likeness (QED) is 0.485. The number of aromatic nitrogens is 5. The van der Waals surface area contributed by atoms with Gasteiger partial charge in [0.1, 0.15) is 5.52 Å². The Hall–Kier alpha value is -3.89. The second kappa shape index (κ2) is 7.86. The number of carboxylic acids is 1. The number of hydrogen-bond acceptors (Lipinski definition) is 8. The Morgan fingerprint density at radius 3 is 2.59 bits per heavy atom. The van der Waals surface area contributed by atoms with E-state index in [2.05, 4.69) is 36.9 Å². The molecule has 2 saturated heterocycles. The number of likely N-dealkylation sites (N-methyl/N-ethyl adjacent to an activating group) is 1. The number of benzene rings is 1. The lowest BCUT2D eigenvalue weighted by molar-refractivity contribution is 0.0689. The Bertz CT molecular complexity index is 1390. The number of nitrogens with zero attached hydrogens (tertiary/aromatic N) is 8. The number of para-hydroxylation sites is 1. The number of fused-ring (bicyclic) bond motifs is 3. The highest BCUT2D eigenvalue weighted by Gasteiger charge is 2.45. The average molecular weight is 457 g/mol. The molecule has 0 aliphatic carbocycles. The van der Waals surface area contributed by atoms with E-state index in [1.54, 1.807) is 24.9 Å². The monoisotopic (exact) mass is 456 g/mol. The van der Waals surface area contributed by atoms with Gasteiger partial charge in [-0.3, -0.25) is 9.99 Å². The molecule has 1 aromatic carbocycles. The smallest absolute Gasteiger partial charge is 0.358 e. The summed E-state index contributed by atoms with van der Waals surface area (Å²) in [5.74, 6) is -0.827. The zero-order valence-electron chi connectivity index (χ0n) is 18.9. The highest BCUT2D eigenvalue weighted by molar-refractivity contribution is 5.94. The molecule has 172 valence electrons. The van der Waals surface area contributed by atoms with E-state index >= 15 is 0 Å². The summed E-state index contributed by atoms with van der Waals surface area (Å²) in [5, 5.41) is 14.3. The maximum Gasteiger partial charge on any atom is 0.358 e.